The van der Waals surface area contributed by atoms with Gasteiger partial charge in [0.25, 0.3) is 0 Å². The van der Waals surface area contributed by atoms with Crippen LogP contribution in [0.2, 0.25) is 0 Å². The lowest BCUT2D eigenvalue weighted by Gasteiger charge is -2.27. The topological polar surface area (TPSA) is 3.24 Å². The third-order valence-electron chi connectivity index (χ3n) is 13.3. The van der Waals surface area contributed by atoms with Gasteiger partial charge in [0, 0.05) is 27.9 Å². The Bertz CT molecular complexity index is 3070. The molecule has 0 aromatic heterocycles. The lowest BCUT2D eigenvalue weighted by Crippen LogP contribution is -2.16. The first-order chi connectivity index (χ1) is 28.8. The van der Waals surface area contributed by atoms with Gasteiger partial charge < -0.3 is 4.90 Å². The van der Waals surface area contributed by atoms with Gasteiger partial charge in [-0.3, -0.25) is 0 Å². The summed E-state index contributed by atoms with van der Waals surface area (Å²) in [5.74, 6) is 0. The van der Waals surface area contributed by atoms with Crippen molar-refractivity contribution < 1.29 is 0 Å². The molecule has 59 heavy (non-hydrogen) atoms. The number of benzene rings is 9. The summed E-state index contributed by atoms with van der Waals surface area (Å²) in [6, 6.07) is 74.2. The molecule has 2 aliphatic carbocycles. The number of fused-ring (bicyclic) bond motifs is 7. The van der Waals surface area contributed by atoms with Crippen molar-refractivity contribution in [3.63, 3.8) is 0 Å². The summed E-state index contributed by atoms with van der Waals surface area (Å²) in [7, 11) is 0. The second kappa shape index (κ2) is 13.3. The van der Waals surface area contributed by atoms with Crippen LogP contribution in [-0.2, 0) is 10.8 Å². The van der Waals surface area contributed by atoms with Crippen molar-refractivity contribution in [3.05, 3.63) is 222 Å². The van der Waals surface area contributed by atoms with Crippen LogP contribution >= 0.6 is 0 Å². The lowest BCUT2D eigenvalue weighted by atomic mass is 9.79. The summed E-state index contributed by atoms with van der Waals surface area (Å²) in [6.07, 6.45) is 0. The molecule has 0 saturated carbocycles. The molecule has 0 radical (unpaired) electrons. The number of hydrogen-bond acceptors (Lipinski definition) is 1. The highest BCUT2D eigenvalue weighted by Crippen LogP contribution is 2.53. The van der Waals surface area contributed by atoms with Gasteiger partial charge in [0.15, 0.2) is 0 Å². The van der Waals surface area contributed by atoms with Crippen LogP contribution in [0.3, 0.4) is 0 Å². The monoisotopic (exact) mass is 755 g/mol. The maximum Gasteiger partial charge on any atom is 0.0462 e. The molecule has 0 unspecified atom stereocenters. The van der Waals surface area contributed by atoms with Crippen molar-refractivity contribution in [1.29, 1.82) is 0 Å². The molecule has 1 heteroatoms. The fourth-order valence-electron chi connectivity index (χ4n) is 10.2. The number of nitrogens with zero attached hydrogens (tertiary/aromatic N) is 1. The van der Waals surface area contributed by atoms with E-state index in [0.717, 1.165) is 17.1 Å². The zero-order chi connectivity index (χ0) is 39.9. The van der Waals surface area contributed by atoms with Crippen LogP contribution in [0, 0.1) is 0 Å². The predicted molar refractivity (Wildman–Crippen MR) is 250 cm³/mol. The Kier molecular flexibility index (Phi) is 7.94. The molecular formula is C58H45N. The molecular weight excluding hydrogens is 711 g/mol. The minimum absolute atomic E-state index is 0.0383. The van der Waals surface area contributed by atoms with Gasteiger partial charge in [-0.2, -0.15) is 0 Å². The average molecular weight is 756 g/mol. The molecule has 0 aliphatic heterocycles. The van der Waals surface area contributed by atoms with Crippen LogP contribution in [0.4, 0.5) is 17.1 Å². The van der Waals surface area contributed by atoms with Crippen LogP contribution in [0.15, 0.2) is 200 Å². The predicted octanol–water partition coefficient (Wildman–Crippen LogP) is 15.9. The van der Waals surface area contributed by atoms with E-state index in [0.29, 0.717) is 0 Å². The first-order valence-electron chi connectivity index (χ1n) is 20.8. The molecule has 0 fully saturated rings. The SMILES string of the molecule is CC1(C)c2ccccc2-c2ccc(-c3ccc(N(c4ccc(-c5ccc6ccccc6c5)cc4)c4ccc(-c5cccc6c5C(C)(C)c5ccccc5-6)cc4)cc3)cc21. The third kappa shape index (κ3) is 5.60. The van der Waals surface area contributed by atoms with E-state index < -0.39 is 0 Å². The molecule has 0 atom stereocenters. The normalized spacial score (nSPS) is 14.0. The fourth-order valence-corrected chi connectivity index (χ4v) is 10.2. The Hall–Kier alpha value is -6.96. The molecule has 2 aliphatic rings. The molecule has 0 saturated heterocycles. The first-order valence-corrected chi connectivity index (χ1v) is 20.8. The van der Waals surface area contributed by atoms with E-state index in [1.807, 2.05) is 0 Å². The minimum atomic E-state index is -0.0830. The molecule has 0 amide bonds. The van der Waals surface area contributed by atoms with Gasteiger partial charge in [0.1, 0.15) is 0 Å². The zero-order valence-electron chi connectivity index (χ0n) is 34.0. The maximum atomic E-state index is 2.41. The van der Waals surface area contributed by atoms with E-state index in [4.69, 9.17) is 0 Å². The molecule has 0 spiro atoms. The van der Waals surface area contributed by atoms with Gasteiger partial charge in [-0.1, -0.05) is 179 Å². The molecule has 0 N–H and O–H groups in total. The van der Waals surface area contributed by atoms with Crippen LogP contribution in [0.1, 0.15) is 49.9 Å². The van der Waals surface area contributed by atoms with Crippen molar-refractivity contribution in [1.82, 2.24) is 0 Å². The van der Waals surface area contributed by atoms with Crippen LogP contribution in [-0.4, -0.2) is 0 Å². The van der Waals surface area contributed by atoms with E-state index in [1.165, 1.54) is 88.7 Å². The van der Waals surface area contributed by atoms with Crippen LogP contribution in [0.5, 0.6) is 0 Å². The molecule has 282 valence electrons. The van der Waals surface area contributed by atoms with Gasteiger partial charge >= 0.3 is 0 Å². The highest BCUT2D eigenvalue weighted by molar-refractivity contribution is 5.91. The molecule has 0 heterocycles. The van der Waals surface area contributed by atoms with Crippen molar-refractivity contribution in [2.75, 3.05) is 4.90 Å². The molecule has 9 aromatic carbocycles. The minimum Gasteiger partial charge on any atom is -0.311 e. The maximum absolute atomic E-state index is 2.41. The first kappa shape index (κ1) is 35.2. The Balaban J connectivity index is 0.972. The summed E-state index contributed by atoms with van der Waals surface area (Å²) in [4.78, 5) is 2.38. The van der Waals surface area contributed by atoms with Crippen LogP contribution in [0.25, 0.3) is 66.4 Å². The van der Waals surface area contributed by atoms with Gasteiger partial charge in [-0.05, 0) is 137 Å². The standard InChI is InChI=1S/C58H45N/c1-57(2)53-18-9-7-14-49(53)51-35-28-44(37-55(51)57)40-24-31-46(32-25-40)59(45-29-22-39(23-30-45)43-21-20-38-12-5-6-13-42(38)36-43)47-33-26-41(27-34-47)48-16-11-17-52-50-15-8-10-19-54(50)58(3,4)56(48)52/h5-37H,1-4H3. The Morgan fingerprint density at radius 2 is 0.729 bits per heavy atom. The fraction of sp³-hybridized carbons (Fsp3) is 0.103. The van der Waals surface area contributed by atoms with Crippen molar-refractivity contribution in [2.24, 2.45) is 0 Å². The largest absolute Gasteiger partial charge is 0.311 e. The van der Waals surface area contributed by atoms with Gasteiger partial charge in [-0.15, -0.1) is 0 Å². The van der Waals surface area contributed by atoms with Crippen molar-refractivity contribution in [2.45, 2.75) is 38.5 Å². The highest BCUT2D eigenvalue weighted by Gasteiger charge is 2.37. The quantitative estimate of drug-likeness (QED) is 0.163. The van der Waals surface area contributed by atoms with Crippen molar-refractivity contribution >= 4 is 27.8 Å². The highest BCUT2D eigenvalue weighted by atomic mass is 15.1. The summed E-state index contributed by atoms with van der Waals surface area (Å²) in [6.45, 7) is 9.43. The molecule has 11 rings (SSSR count). The Labute approximate surface area is 347 Å². The number of rotatable bonds is 6. The zero-order valence-corrected chi connectivity index (χ0v) is 34.0. The summed E-state index contributed by atoms with van der Waals surface area (Å²) >= 11 is 0. The molecule has 1 nitrogen and oxygen atoms in total. The molecule has 0 bridgehead atoms. The summed E-state index contributed by atoms with van der Waals surface area (Å²) in [5.41, 5.74) is 21.6. The lowest BCUT2D eigenvalue weighted by molar-refractivity contribution is 0.660. The van der Waals surface area contributed by atoms with E-state index in [9.17, 15) is 0 Å². The average Bonchev–Trinajstić information content (AvgIpc) is 3.66. The Morgan fingerprint density at radius 3 is 1.37 bits per heavy atom. The van der Waals surface area contributed by atoms with Gasteiger partial charge in [0.05, 0.1) is 0 Å². The van der Waals surface area contributed by atoms with E-state index >= 15 is 0 Å². The second-order valence-electron chi connectivity index (χ2n) is 17.4. The van der Waals surface area contributed by atoms with Crippen molar-refractivity contribution in [3.8, 4) is 55.6 Å². The third-order valence-corrected chi connectivity index (χ3v) is 13.3. The van der Waals surface area contributed by atoms with E-state index in [2.05, 4.69) is 233 Å². The summed E-state index contributed by atoms with van der Waals surface area (Å²) < 4.78 is 0. The molecule has 9 aromatic rings. The number of hydrogen-bond donors (Lipinski definition) is 0. The van der Waals surface area contributed by atoms with Gasteiger partial charge in [-0.25, -0.2) is 0 Å². The smallest absolute Gasteiger partial charge is 0.0462 e. The van der Waals surface area contributed by atoms with Crippen LogP contribution < -0.4 is 4.90 Å². The second-order valence-corrected chi connectivity index (χ2v) is 17.4. The number of anilines is 3. The van der Waals surface area contributed by atoms with Gasteiger partial charge in [0.2, 0.25) is 0 Å². The van der Waals surface area contributed by atoms with E-state index in [-0.39, 0.29) is 10.8 Å². The van der Waals surface area contributed by atoms with E-state index in [1.54, 1.807) is 0 Å². The summed E-state index contributed by atoms with van der Waals surface area (Å²) in [5, 5.41) is 2.51. The Morgan fingerprint density at radius 1 is 0.288 bits per heavy atom.